The van der Waals surface area contributed by atoms with Crippen LogP contribution in [-0.2, 0) is 17.5 Å². The van der Waals surface area contributed by atoms with Crippen molar-refractivity contribution >= 4 is 11.6 Å². The molecule has 148 valence electrons. The van der Waals surface area contributed by atoms with Crippen LogP contribution in [0.3, 0.4) is 0 Å². The first-order chi connectivity index (χ1) is 12.8. The zero-order valence-electron chi connectivity index (χ0n) is 15.3. The number of hydrogen-bond acceptors (Lipinski definition) is 4. The summed E-state index contributed by atoms with van der Waals surface area (Å²) >= 11 is 0. The van der Waals surface area contributed by atoms with Crippen LogP contribution in [0.1, 0.15) is 19.4 Å². The molecule has 2 rings (SSSR count). The number of nitrogens with zero attached hydrogens (tertiary/aromatic N) is 3. The van der Waals surface area contributed by atoms with E-state index in [-0.39, 0.29) is 12.4 Å². The van der Waals surface area contributed by atoms with Gasteiger partial charge in [-0.15, -0.1) is 0 Å². The van der Waals surface area contributed by atoms with Crippen LogP contribution >= 0.6 is 0 Å². The van der Waals surface area contributed by atoms with Gasteiger partial charge in [0.15, 0.2) is 6.61 Å². The lowest BCUT2D eigenvalue weighted by atomic mass is 10.2. The van der Waals surface area contributed by atoms with Gasteiger partial charge in [-0.05, 0) is 37.4 Å². The first-order valence-corrected chi connectivity index (χ1v) is 8.66. The molecule has 0 atom stereocenters. The Kier molecular flexibility index (Phi) is 7.23. The van der Waals surface area contributed by atoms with Gasteiger partial charge in [-0.25, -0.2) is 0 Å². The fourth-order valence-electron chi connectivity index (χ4n) is 2.42. The van der Waals surface area contributed by atoms with Gasteiger partial charge in [-0.1, -0.05) is 13.8 Å². The van der Waals surface area contributed by atoms with Gasteiger partial charge in [0.05, 0.1) is 24.0 Å². The van der Waals surface area contributed by atoms with E-state index in [1.807, 2.05) is 0 Å². The Labute approximate surface area is 155 Å². The van der Waals surface area contributed by atoms with E-state index >= 15 is 0 Å². The van der Waals surface area contributed by atoms with Gasteiger partial charge >= 0.3 is 6.18 Å². The molecule has 1 aromatic carbocycles. The van der Waals surface area contributed by atoms with E-state index in [1.54, 1.807) is 10.9 Å². The number of anilines is 1. The van der Waals surface area contributed by atoms with Crippen molar-refractivity contribution in [1.82, 2.24) is 14.7 Å². The van der Waals surface area contributed by atoms with Crippen LogP contribution in [0.4, 0.5) is 18.9 Å². The van der Waals surface area contributed by atoms with Crippen LogP contribution in [0.2, 0.25) is 0 Å². The molecule has 0 aliphatic carbocycles. The fourth-order valence-corrected chi connectivity index (χ4v) is 2.42. The molecule has 0 bridgehead atoms. The van der Waals surface area contributed by atoms with Gasteiger partial charge in [0, 0.05) is 12.7 Å². The summed E-state index contributed by atoms with van der Waals surface area (Å²) in [4.78, 5) is 14.2. The zero-order chi connectivity index (χ0) is 19.9. The smallest absolute Gasteiger partial charge is 0.416 e. The van der Waals surface area contributed by atoms with E-state index in [4.69, 9.17) is 4.74 Å². The zero-order valence-corrected chi connectivity index (χ0v) is 15.3. The van der Waals surface area contributed by atoms with E-state index in [0.29, 0.717) is 12.2 Å². The van der Waals surface area contributed by atoms with E-state index in [1.165, 1.54) is 18.3 Å². The molecule has 1 amide bonds. The molecule has 6 nitrogen and oxygen atoms in total. The molecule has 0 saturated carbocycles. The standard InChI is InChI=1S/C18H23F3N4O2/c1-3-24(4-2)9-10-25-12-15(11-22-25)23-17(26)13-27-16-7-5-14(6-8-16)18(19,20)21/h5-8,11-12H,3-4,9-10,13H2,1-2H3,(H,23,26). The molecule has 0 fully saturated rings. The highest BCUT2D eigenvalue weighted by atomic mass is 19.4. The van der Waals surface area contributed by atoms with E-state index < -0.39 is 17.6 Å². The maximum absolute atomic E-state index is 12.5. The number of nitrogens with one attached hydrogen (secondary N) is 1. The summed E-state index contributed by atoms with van der Waals surface area (Å²) in [5, 5.41) is 6.83. The Balaban J connectivity index is 1.79. The number of benzene rings is 1. The van der Waals surface area contributed by atoms with Gasteiger partial charge in [0.2, 0.25) is 0 Å². The second kappa shape index (κ2) is 9.40. The Bertz CT molecular complexity index is 725. The predicted octanol–water partition coefficient (Wildman–Crippen LogP) is 3.26. The summed E-state index contributed by atoms with van der Waals surface area (Å²) in [6.07, 6.45) is -1.14. The summed E-state index contributed by atoms with van der Waals surface area (Å²) < 4.78 is 44.5. The molecule has 1 N–H and O–H groups in total. The average molecular weight is 384 g/mol. The lowest BCUT2D eigenvalue weighted by molar-refractivity contribution is -0.137. The van der Waals surface area contributed by atoms with Crippen LogP contribution in [0.25, 0.3) is 0 Å². The Morgan fingerprint density at radius 1 is 1.22 bits per heavy atom. The highest BCUT2D eigenvalue weighted by Crippen LogP contribution is 2.30. The van der Waals surface area contributed by atoms with Crippen LogP contribution in [0.15, 0.2) is 36.7 Å². The molecule has 9 heteroatoms. The first-order valence-electron chi connectivity index (χ1n) is 8.66. The third kappa shape index (κ3) is 6.59. The minimum absolute atomic E-state index is 0.188. The molecule has 2 aromatic rings. The number of carbonyl (C=O) groups excluding carboxylic acids is 1. The molecule has 0 saturated heterocycles. The van der Waals surface area contributed by atoms with Gasteiger partial charge in [-0.2, -0.15) is 18.3 Å². The molecule has 0 aliphatic heterocycles. The van der Waals surface area contributed by atoms with Crippen LogP contribution in [0.5, 0.6) is 5.75 Å². The third-order valence-corrected chi connectivity index (χ3v) is 4.01. The third-order valence-electron chi connectivity index (χ3n) is 4.01. The number of carbonyl (C=O) groups is 1. The summed E-state index contributed by atoms with van der Waals surface area (Å²) in [7, 11) is 0. The normalized spacial score (nSPS) is 11.6. The monoisotopic (exact) mass is 384 g/mol. The van der Waals surface area contributed by atoms with Crippen molar-refractivity contribution in [3.63, 3.8) is 0 Å². The highest BCUT2D eigenvalue weighted by Gasteiger charge is 2.30. The second-order valence-corrected chi connectivity index (χ2v) is 5.88. The molecule has 1 aromatic heterocycles. The molecule has 1 heterocycles. The van der Waals surface area contributed by atoms with Crippen molar-refractivity contribution < 1.29 is 22.7 Å². The molecular formula is C18H23F3N4O2. The number of aromatic nitrogens is 2. The first kappa shape index (κ1) is 20.8. The van der Waals surface area contributed by atoms with E-state index in [0.717, 1.165) is 31.8 Å². The minimum atomic E-state index is -4.40. The van der Waals surface area contributed by atoms with Crippen LogP contribution in [-0.4, -0.2) is 46.8 Å². The van der Waals surface area contributed by atoms with Crippen molar-refractivity contribution in [2.24, 2.45) is 0 Å². The SMILES string of the molecule is CCN(CC)CCn1cc(NC(=O)COc2ccc(C(F)(F)F)cc2)cn1. The Morgan fingerprint density at radius 3 is 2.48 bits per heavy atom. The topological polar surface area (TPSA) is 59.4 Å². The van der Waals surface area contributed by atoms with Crippen molar-refractivity contribution in [2.45, 2.75) is 26.6 Å². The number of rotatable bonds is 9. The van der Waals surface area contributed by atoms with Crippen LogP contribution < -0.4 is 10.1 Å². The van der Waals surface area contributed by atoms with E-state index in [9.17, 15) is 18.0 Å². The fraction of sp³-hybridized carbons (Fsp3) is 0.444. The van der Waals surface area contributed by atoms with Gasteiger partial charge in [-0.3, -0.25) is 9.48 Å². The lowest BCUT2D eigenvalue weighted by Crippen LogP contribution is -2.27. The number of hydrogen-bond donors (Lipinski definition) is 1. The summed E-state index contributed by atoms with van der Waals surface area (Å²) in [5.41, 5.74) is -0.230. The number of alkyl halides is 3. The van der Waals surface area contributed by atoms with Gasteiger partial charge < -0.3 is 15.0 Å². The van der Waals surface area contributed by atoms with Crippen molar-refractivity contribution in [1.29, 1.82) is 0 Å². The minimum Gasteiger partial charge on any atom is -0.484 e. The number of amides is 1. The molecule has 0 aliphatic rings. The second-order valence-electron chi connectivity index (χ2n) is 5.88. The Hall–Kier alpha value is -2.55. The lowest BCUT2D eigenvalue weighted by Gasteiger charge is -2.17. The predicted molar refractivity (Wildman–Crippen MR) is 95.6 cm³/mol. The molecule has 0 spiro atoms. The highest BCUT2D eigenvalue weighted by molar-refractivity contribution is 5.91. The number of halogens is 3. The van der Waals surface area contributed by atoms with Crippen molar-refractivity contribution in [3.05, 3.63) is 42.2 Å². The van der Waals surface area contributed by atoms with Gasteiger partial charge in [0.1, 0.15) is 5.75 Å². The largest absolute Gasteiger partial charge is 0.484 e. The van der Waals surface area contributed by atoms with E-state index in [2.05, 4.69) is 29.2 Å². The molecular weight excluding hydrogens is 361 g/mol. The van der Waals surface area contributed by atoms with Crippen molar-refractivity contribution in [2.75, 3.05) is 31.6 Å². The quantitative estimate of drug-likeness (QED) is 0.721. The summed E-state index contributed by atoms with van der Waals surface area (Å²) in [6, 6.07) is 4.18. The molecule has 0 radical (unpaired) electrons. The molecule has 0 unspecified atom stereocenters. The average Bonchev–Trinajstić information content (AvgIpc) is 3.08. The van der Waals surface area contributed by atoms with Gasteiger partial charge in [0.25, 0.3) is 5.91 Å². The maximum atomic E-state index is 12.5. The number of likely N-dealkylation sites (N-methyl/N-ethyl adjacent to an activating group) is 1. The summed E-state index contributed by atoms with van der Waals surface area (Å²) in [6.45, 7) is 7.36. The Morgan fingerprint density at radius 2 is 1.89 bits per heavy atom. The summed E-state index contributed by atoms with van der Waals surface area (Å²) in [5.74, 6) is -0.230. The maximum Gasteiger partial charge on any atom is 0.416 e. The van der Waals surface area contributed by atoms with Crippen molar-refractivity contribution in [3.8, 4) is 5.75 Å². The number of ether oxygens (including phenoxy) is 1. The molecule has 27 heavy (non-hydrogen) atoms. The van der Waals surface area contributed by atoms with Crippen LogP contribution in [0, 0.1) is 0 Å².